The predicted molar refractivity (Wildman–Crippen MR) is 46.4 cm³/mol. The molecule has 2 aromatic rings. The third kappa shape index (κ3) is 0.873. The minimum absolute atomic E-state index is 1.06. The highest BCUT2D eigenvalue weighted by atomic mass is 32.1. The van der Waals surface area contributed by atoms with Gasteiger partial charge in [0.25, 0.3) is 0 Å². The highest BCUT2D eigenvalue weighted by Gasteiger charge is 1.95. The summed E-state index contributed by atoms with van der Waals surface area (Å²) in [6.45, 7) is 0. The molecule has 0 aliphatic rings. The number of benzene rings is 1. The lowest BCUT2D eigenvalue weighted by molar-refractivity contribution is 1.55. The molecular weight excluding hydrogens is 158 g/mol. The molecule has 0 amide bonds. The van der Waals surface area contributed by atoms with Crippen molar-refractivity contribution in [3.63, 3.8) is 0 Å². The lowest BCUT2D eigenvalue weighted by Crippen LogP contribution is -1.96. The Bertz CT molecular complexity index is 322. The maximum Gasteiger partial charge on any atom is 0.100 e. The molecule has 0 aliphatic heterocycles. The van der Waals surface area contributed by atoms with Crippen LogP contribution >= 0.6 is 11.3 Å². The molecular formula is C7H5NSSi. The van der Waals surface area contributed by atoms with Gasteiger partial charge in [-0.1, -0.05) is 12.1 Å². The molecule has 48 valence electrons. The summed E-state index contributed by atoms with van der Waals surface area (Å²) < 4.78 is 2.31. The molecule has 1 aromatic carbocycles. The van der Waals surface area contributed by atoms with Crippen molar-refractivity contribution in [2.75, 3.05) is 0 Å². The summed E-state index contributed by atoms with van der Waals surface area (Å²) in [5.74, 6) is 0. The van der Waals surface area contributed by atoms with E-state index in [1.165, 1.54) is 4.70 Å². The number of thiazole rings is 1. The standard InChI is InChI=1S/C7H5NSSi/c10-7-8-5-3-1-2-4-6(5)9-7/h1-4,10H. The molecule has 2 rings (SSSR count). The molecule has 3 heteroatoms. The molecule has 0 aliphatic carbocycles. The average molecular weight is 163 g/mol. The normalized spacial score (nSPS) is 10.5. The lowest BCUT2D eigenvalue weighted by Gasteiger charge is -1.80. The fourth-order valence-corrected chi connectivity index (χ4v) is 2.14. The Morgan fingerprint density at radius 2 is 2.10 bits per heavy atom. The zero-order valence-electron chi connectivity index (χ0n) is 5.24. The van der Waals surface area contributed by atoms with Crippen LogP contribution in [0.4, 0.5) is 0 Å². The molecule has 10 heavy (non-hydrogen) atoms. The summed E-state index contributed by atoms with van der Waals surface area (Å²) in [5, 5.41) is 0. The Morgan fingerprint density at radius 1 is 1.30 bits per heavy atom. The molecule has 0 saturated heterocycles. The fraction of sp³-hybridized carbons (Fsp3) is 0. The van der Waals surface area contributed by atoms with Gasteiger partial charge in [0, 0.05) is 0 Å². The van der Waals surface area contributed by atoms with Crippen molar-refractivity contribution in [1.82, 2.24) is 4.98 Å². The van der Waals surface area contributed by atoms with Crippen molar-refractivity contribution in [2.24, 2.45) is 0 Å². The first-order valence-electron chi connectivity index (χ1n) is 2.97. The summed E-state index contributed by atoms with van der Waals surface area (Å²) in [4.78, 5) is 4.29. The Labute approximate surface area is 66.1 Å². The van der Waals surface area contributed by atoms with Gasteiger partial charge >= 0.3 is 0 Å². The first-order valence-corrected chi connectivity index (χ1v) is 4.37. The molecule has 1 aromatic heterocycles. The predicted octanol–water partition coefficient (Wildman–Crippen LogP) is 0.822. The largest absolute Gasteiger partial charge is 0.247 e. The van der Waals surface area contributed by atoms with Gasteiger partial charge in [-0.25, -0.2) is 4.98 Å². The van der Waals surface area contributed by atoms with E-state index in [2.05, 4.69) is 21.3 Å². The molecule has 1 heterocycles. The summed E-state index contributed by atoms with van der Waals surface area (Å²) in [5.41, 5.74) is 1.09. The van der Waals surface area contributed by atoms with Crippen molar-refractivity contribution in [2.45, 2.75) is 0 Å². The topological polar surface area (TPSA) is 12.9 Å². The molecule has 2 radical (unpaired) electrons. The van der Waals surface area contributed by atoms with Crippen molar-refractivity contribution in [1.29, 1.82) is 0 Å². The number of hydrogen-bond donors (Lipinski definition) is 0. The van der Waals surface area contributed by atoms with Gasteiger partial charge in [0.1, 0.15) is 10.2 Å². The molecule has 0 fully saturated rings. The third-order valence-corrected chi connectivity index (χ3v) is 2.66. The molecule has 0 N–H and O–H groups in total. The summed E-state index contributed by atoms with van der Waals surface area (Å²) in [6, 6.07) is 8.15. The van der Waals surface area contributed by atoms with Gasteiger partial charge in [-0.2, -0.15) is 0 Å². The van der Waals surface area contributed by atoms with E-state index in [0.717, 1.165) is 10.1 Å². The fourth-order valence-electron chi connectivity index (χ4n) is 0.890. The van der Waals surface area contributed by atoms with Crippen LogP contribution in [0.15, 0.2) is 24.3 Å². The van der Waals surface area contributed by atoms with Crippen LogP contribution < -0.4 is 4.63 Å². The van der Waals surface area contributed by atoms with Crippen LogP contribution in [0, 0.1) is 0 Å². The van der Waals surface area contributed by atoms with E-state index in [1.807, 2.05) is 18.2 Å². The van der Waals surface area contributed by atoms with Crippen LogP contribution in [0.25, 0.3) is 10.2 Å². The Kier molecular flexibility index (Phi) is 1.32. The Morgan fingerprint density at radius 3 is 2.90 bits per heavy atom. The second-order valence-corrected chi connectivity index (χ2v) is 4.05. The van der Waals surface area contributed by atoms with Gasteiger partial charge < -0.3 is 0 Å². The first-order chi connectivity index (χ1) is 4.86. The summed E-state index contributed by atoms with van der Waals surface area (Å²) in [6.07, 6.45) is 0. The van der Waals surface area contributed by atoms with Crippen LogP contribution in [-0.4, -0.2) is 15.2 Å². The van der Waals surface area contributed by atoms with Gasteiger partial charge in [0.05, 0.1) is 14.8 Å². The molecule has 1 nitrogen and oxygen atoms in total. The third-order valence-electron chi connectivity index (χ3n) is 1.31. The highest BCUT2D eigenvalue weighted by Crippen LogP contribution is 2.13. The maximum atomic E-state index is 4.29. The Hall–Kier alpha value is -0.673. The van der Waals surface area contributed by atoms with E-state index in [1.54, 1.807) is 11.3 Å². The Balaban J connectivity index is 2.88. The highest BCUT2D eigenvalue weighted by molar-refractivity contribution is 7.25. The van der Waals surface area contributed by atoms with E-state index >= 15 is 0 Å². The number of rotatable bonds is 0. The smallest absolute Gasteiger partial charge is 0.100 e. The van der Waals surface area contributed by atoms with Gasteiger partial charge in [-0.3, -0.25) is 0 Å². The van der Waals surface area contributed by atoms with E-state index in [-0.39, 0.29) is 0 Å². The molecule has 0 atom stereocenters. The molecule has 0 saturated carbocycles. The van der Waals surface area contributed by atoms with E-state index in [0.29, 0.717) is 0 Å². The van der Waals surface area contributed by atoms with Gasteiger partial charge in [0.15, 0.2) is 0 Å². The number of aromatic nitrogens is 1. The van der Waals surface area contributed by atoms with Gasteiger partial charge in [0.2, 0.25) is 0 Å². The van der Waals surface area contributed by atoms with E-state index < -0.39 is 0 Å². The summed E-state index contributed by atoms with van der Waals surface area (Å²) >= 11 is 1.70. The van der Waals surface area contributed by atoms with Crippen molar-refractivity contribution in [3.8, 4) is 0 Å². The zero-order valence-corrected chi connectivity index (χ0v) is 7.21. The van der Waals surface area contributed by atoms with Crippen LogP contribution in [0.2, 0.25) is 0 Å². The maximum absolute atomic E-state index is 4.29. The average Bonchev–Trinajstić information content (AvgIpc) is 2.27. The second-order valence-electron chi connectivity index (χ2n) is 2.02. The van der Waals surface area contributed by atoms with Gasteiger partial charge in [-0.05, 0) is 12.1 Å². The van der Waals surface area contributed by atoms with Crippen molar-refractivity contribution < 1.29 is 0 Å². The van der Waals surface area contributed by atoms with Crippen LogP contribution in [0.3, 0.4) is 0 Å². The summed E-state index contributed by atoms with van der Waals surface area (Å²) in [7, 11) is 2.61. The van der Waals surface area contributed by atoms with Crippen molar-refractivity contribution in [3.05, 3.63) is 24.3 Å². The first kappa shape index (κ1) is 6.06. The number of nitrogens with zero attached hydrogens (tertiary/aromatic N) is 1. The van der Waals surface area contributed by atoms with E-state index in [9.17, 15) is 0 Å². The minimum Gasteiger partial charge on any atom is -0.247 e. The monoisotopic (exact) mass is 163 g/mol. The number of fused-ring (bicyclic) bond motifs is 1. The zero-order chi connectivity index (χ0) is 6.97. The molecule has 0 spiro atoms. The lowest BCUT2D eigenvalue weighted by atomic mass is 10.3. The van der Waals surface area contributed by atoms with Gasteiger partial charge in [-0.15, -0.1) is 11.3 Å². The van der Waals surface area contributed by atoms with Crippen LogP contribution in [0.5, 0.6) is 0 Å². The van der Waals surface area contributed by atoms with Crippen LogP contribution in [-0.2, 0) is 0 Å². The van der Waals surface area contributed by atoms with Crippen molar-refractivity contribution >= 4 is 36.4 Å². The molecule has 0 bridgehead atoms. The number of para-hydroxylation sites is 1. The minimum atomic E-state index is 1.06. The quantitative estimate of drug-likeness (QED) is 0.524. The van der Waals surface area contributed by atoms with E-state index in [4.69, 9.17) is 0 Å². The number of hydrogen-bond acceptors (Lipinski definition) is 2. The second kappa shape index (κ2) is 2.18. The SMILES string of the molecule is [SiH]c1nc2ccccc2s1. The molecule has 0 unspecified atom stereocenters. The van der Waals surface area contributed by atoms with Crippen LogP contribution in [0.1, 0.15) is 0 Å².